The first kappa shape index (κ1) is 20.8. The molecule has 0 spiro atoms. The molecule has 29 heavy (non-hydrogen) atoms. The molecule has 1 aliphatic rings. The van der Waals surface area contributed by atoms with Crippen LogP contribution < -0.4 is 10.1 Å². The SMILES string of the molecule is COc1ccccc1CNC(=O)CC1CC(=O)[C@H](c2c(C)cc(C)cc2C)C1=O. The molecule has 0 bridgehead atoms. The molecule has 0 saturated heterocycles. The second-order valence-corrected chi connectivity index (χ2v) is 7.81. The van der Waals surface area contributed by atoms with Gasteiger partial charge in [0, 0.05) is 30.9 Å². The Hall–Kier alpha value is -2.95. The molecular weight excluding hydrogens is 366 g/mol. The zero-order chi connectivity index (χ0) is 21.1. The van der Waals surface area contributed by atoms with E-state index in [4.69, 9.17) is 4.74 Å². The van der Waals surface area contributed by atoms with Gasteiger partial charge in [0.15, 0.2) is 5.78 Å². The summed E-state index contributed by atoms with van der Waals surface area (Å²) in [7, 11) is 1.58. The summed E-state index contributed by atoms with van der Waals surface area (Å²) in [5.74, 6) is -1.08. The minimum atomic E-state index is -0.748. The normalized spacial score (nSPS) is 18.8. The van der Waals surface area contributed by atoms with Crippen LogP contribution in [0.25, 0.3) is 0 Å². The van der Waals surface area contributed by atoms with Gasteiger partial charge in [0.1, 0.15) is 17.5 Å². The Balaban J connectivity index is 1.68. The number of Topliss-reactive ketones (excluding diaryl/α,β-unsaturated/α-hetero) is 2. The van der Waals surface area contributed by atoms with Crippen molar-refractivity contribution in [3.63, 3.8) is 0 Å². The van der Waals surface area contributed by atoms with Crippen LogP contribution >= 0.6 is 0 Å². The first-order valence-electron chi connectivity index (χ1n) is 9.84. The van der Waals surface area contributed by atoms with Gasteiger partial charge in [0.2, 0.25) is 5.91 Å². The van der Waals surface area contributed by atoms with Gasteiger partial charge in [0.25, 0.3) is 0 Å². The summed E-state index contributed by atoms with van der Waals surface area (Å²) in [6, 6.07) is 11.4. The molecule has 5 nitrogen and oxygen atoms in total. The monoisotopic (exact) mass is 393 g/mol. The number of rotatable bonds is 6. The number of hydrogen-bond acceptors (Lipinski definition) is 4. The standard InChI is InChI=1S/C24H27NO4/c1-14-9-15(2)22(16(3)10-14)23-19(26)11-18(24(23)28)12-21(27)25-13-17-7-5-6-8-20(17)29-4/h5-10,18,23H,11-13H2,1-4H3,(H,25,27)/t18?,23-/m1/s1. The van der Waals surface area contributed by atoms with Crippen molar-refractivity contribution in [2.45, 2.75) is 46.1 Å². The molecule has 152 valence electrons. The van der Waals surface area contributed by atoms with Crippen molar-refractivity contribution in [2.24, 2.45) is 5.92 Å². The van der Waals surface area contributed by atoms with Gasteiger partial charge in [-0.1, -0.05) is 35.9 Å². The smallest absolute Gasteiger partial charge is 0.221 e. The average molecular weight is 393 g/mol. The first-order valence-corrected chi connectivity index (χ1v) is 9.84. The highest BCUT2D eigenvalue weighted by Crippen LogP contribution is 2.37. The Morgan fingerprint density at radius 1 is 1.10 bits per heavy atom. The van der Waals surface area contributed by atoms with Gasteiger partial charge in [-0.3, -0.25) is 14.4 Å². The Kier molecular flexibility index (Phi) is 6.16. The molecule has 5 heteroatoms. The lowest BCUT2D eigenvalue weighted by Crippen LogP contribution is -2.27. The number of nitrogens with one attached hydrogen (secondary N) is 1. The van der Waals surface area contributed by atoms with E-state index < -0.39 is 11.8 Å². The largest absolute Gasteiger partial charge is 0.496 e. The zero-order valence-corrected chi connectivity index (χ0v) is 17.4. The van der Waals surface area contributed by atoms with Crippen LogP contribution in [0, 0.1) is 26.7 Å². The van der Waals surface area contributed by atoms with Crippen LogP contribution in [0.4, 0.5) is 0 Å². The molecule has 2 aromatic carbocycles. The third-order valence-corrected chi connectivity index (χ3v) is 5.58. The van der Waals surface area contributed by atoms with Crippen molar-refractivity contribution in [3.8, 4) is 5.75 Å². The van der Waals surface area contributed by atoms with Crippen LogP contribution in [0.2, 0.25) is 0 Å². The van der Waals surface area contributed by atoms with E-state index in [0.717, 1.165) is 27.8 Å². The fourth-order valence-electron chi connectivity index (χ4n) is 4.32. The summed E-state index contributed by atoms with van der Waals surface area (Å²) in [5.41, 5.74) is 4.68. The van der Waals surface area contributed by atoms with Gasteiger partial charge in [-0.2, -0.15) is 0 Å². The molecule has 1 amide bonds. The fraction of sp³-hybridized carbons (Fsp3) is 0.375. The van der Waals surface area contributed by atoms with Crippen LogP contribution in [-0.4, -0.2) is 24.6 Å². The number of carbonyl (C=O) groups is 3. The zero-order valence-electron chi connectivity index (χ0n) is 17.4. The molecule has 2 atom stereocenters. The highest BCUT2D eigenvalue weighted by molar-refractivity contribution is 6.15. The molecule has 0 aromatic heterocycles. The Morgan fingerprint density at radius 3 is 2.41 bits per heavy atom. The van der Waals surface area contributed by atoms with Gasteiger partial charge in [-0.25, -0.2) is 0 Å². The predicted molar refractivity (Wildman–Crippen MR) is 111 cm³/mol. The average Bonchev–Trinajstić information content (AvgIpc) is 2.93. The lowest BCUT2D eigenvalue weighted by molar-refractivity contribution is -0.128. The van der Waals surface area contributed by atoms with E-state index in [0.29, 0.717) is 12.3 Å². The van der Waals surface area contributed by atoms with Crippen molar-refractivity contribution < 1.29 is 19.1 Å². The number of carbonyl (C=O) groups excluding carboxylic acids is 3. The maximum Gasteiger partial charge on any atom is 0.221 e. The number of aryl methyl sites for hydroxylation is 3. The molecule has 1 saturated carbocycles. The molecule has 0 radical (unpaired) electrons. The highest BCUT2D eigenvalue weighted by Gasteiger charge is 2.43. The van der Waals surface area contributed by atoms with Crippen molar-refractivity contribution in [1.29, 1.82) is 0 Å². The Labute approximate surface area is 171 Å². The summed E-state index contributed by atoms with van der Waals surface area (Å²) < 4.78 is 5.29. The summed E-state index contributed by atoms with van der Waals surface area (Å²) in [6.07, 6.45) is 0.151. The molecule has 2 aromatic rings. The lowest BCUT2D eigenvalue weighted by atomic mass is 9.86. The van der Waals surface area contributed by atoms with Crippen LogP contribution in [0.1, 0.15) is 46.6 Å². The van der Waals surface area contributed by atoms with Gasteiger partial charge >= 0.3 is 0 Å². The Morgan fingerprint density at radius 2 is 1.76 bits per heavy atom. The van der Waals surface area contributed by atoms with Gasteiger partial charge in [-0.15, -0.1) is 0 Å². The van der Waals surface area contributed by atoms with E-state index >= 15 is 0 Å². The van der Waals surface area contributed by atoms with Crippen molar-refractivity contribution >= 4 is 17.5 Å². The molecule has 3 rings (SSSR count). The second-order valence-electron chi connectivity index (χ2n) is 7.81. The fourth-order valence-corrected chi connectivity index (χ4v) is 4.32. The van der Waals surface area contributed by atoms with E-state index in [2.05, 4.69) is 5.32 Å². The van der Waals surface area contributed by atoms with E-state index in [1.165, 1.54) is 0 Å². The van der Waals surface area contributed by atoms with Crippen molar-refractivity contribution in [1.82, 2.24) is 5.32 Å². The quantitative estimate of drug-likeness (QED) is 0.762. The summed E-state index contributed by atoms with van der Waals surface area (Å²) in [5, 5.41) is 2.84. The molecule has 0 aliphatic heterocycles. The van der Waals surface area contributed by atoms with Crippen LogP contribution in [0.3, 0.4) is 0 Å². The summed E-state index contributed by atoms with van der Waals surface area (Å²) in [6.45, 7) is 6.18. The van der Waals surface area contributed by atoms with Gasteiger partial charge < -0.3 is 10.1 Å². The maximum atomic E-state index is 13.0. The minimum Gasteiger partial charge on any atom is -0.496 e. The van der Waals surface area contributed by atoms with E-state index in [-0.39, 0.29) is 30.3 Å². The first-order chi connectivity index (χ1) is 13.8. The summed E-state index contributed by atoms with van der Waals surface area (Å²) in [4.78, 5) is 38.1. The highest BCUT2D eigenvalue weighted by atomic mass is 16.5. The lowest BCUT2D eigenvalue weighted by Gasteiger charge is -2.16. The second kappa shape index (κ2) is 8.60. The molecule has 1 N–H and O–H groups in total. The van der Waals surface area contributed by atoms with Crippen LogP contribution in [0.5, 0.6) is 5.75 Å². The topological polar surface area (TPSA) is 72.5 Å². The molecular formula is C24H27NO4. The third kappa shape index (κ3) is 4.39. The van der Waals surface area contributed by atoms with Gasteiger partial charge in [-0.05, 0) is 43.5 Å². The van der Waals surface area contributed by atoms with Crippen LogP contribution in [-0.2, 0) is 20.9 Å². The number of para-hydroxylation sites is 1. The van der Waals surface area contributed by atoms with E-state index in [9.17, 15) is 14.4 Å². The van der Waals surface area contributed by atoms with Crippen molar-refractivity contribution in [3.05, 3.63) is 64.2 Å². The summed E-state index contributed by atoms with van der Waals surface area (Å²) >= 11 is 0. The molecule has 1 fully saturated rings. The van der Waals surface area contributed by atoms with Gasteiger partial charge in [0.05, 0.1) is 7.11 Å². The number of methoxy groups -OCH3 is 1. The van der Waals surface area contributed by atoms with E-state index in [1.54, 1.807) is 7.11 Å². The minimum absolute atomic E-state index is 0.0280. The predicted octanol–water partition coefficient (Wildman–Crippen LogP) is 3.57. The van der Waals surface area contributed by atoms with Crippen molar-refractivity contribution in [2.75, 3.05) is 7.11 Å². The number of ether oxygens (including phenoxy) is 1. The molecule has 1 aliphatic carbocycles. The maximum absolute atomic E-state index is 13.0. The molecule has 1 unspecified atom stereocenters. The Bertz CT molecular complexity index is 940. The third-order valence-electron chi connectivity index (χ3n) is 5.58. The molecule has 0 heterocycles. The number of benzene rings is 2. The number of hydrogen-bond donors (Lipinski definition) is 1. The van der Waals surface area contributed by atoms with Crippen LogP contribution in [0.15, 0.2) is 36.4 Å². The number of ketones is 2. The van der Waals surface area contributed by atoms with E-state index in [1.807, 2.05) is 57.2 Å². The number of amides is 1.